The molecule has 0 radical (unpaired) electrons. The summed E-state index contributed by atoms with van der Waals surface area (Å²) in [5, 5.41) is 17.1. The summed E-state index contributed by atoms with van der Waals surface area (Å²) in [6, 6.07) is 9.53. The molecule has 0 fully saturated rings. The summed E-state index contributed by atoms with van der Waals surface area (Å²) >= 11 is 0. The van der Waals surface area contributed by atoms with Crippen LogP contribution in [-0.2, 0) is 0 Å². The molecule has 2 heterocycles. The number of nitriles is 1. The molecule has 0 amide bonds. The lowest BCUT2D eigenvalue weighted by Gasteiger charge is -1.99. The first-order chi connectivity index (χ1) is 10.6. The third-order valence-electron chi connectivity index (χ3n) is 3.67. The highest BCUT2D eigenvalue weighted by Gasteiger charge is 2.17. The first kappa shape index (κ1) is 13.8. The quantitative estimate of drug-likeness (QED) is 0.441. The average Bonchev–Trinajstić information content (AvgIpc) is 3.09. The molecule has 0 atom stereocenters. The van der Waals surface area contributed by atoms with Crippen molar-refractivity contribution in [1.82, 2.24) is 15.2 Å². The van der Waals surface area contributed by atoms with E-state index >= 15 is 0 Å². The van der Waals surface area contributed by atoms with E-state index in [-0.39, 0.29) is 11.4 Å². The van der Waals surface area contributed by atoms with Gasteiger partial charge < -0.3 is 4.98 Å². The number of fused-ring (bicyclic) bond motifs is 1. The molecule has 0 unspecified atom stereocenters. The molecule has 3 aromatic rings. The summed E-state index contributed by atoms with van der Waals surface area (Å²) in [6.45, 7) is 3.69. The topological polar surface area (TPSA) is 85.3 Å². The number of nitrogens with one attached hydrogen (secondary N) is 2. The number of aromatic nitrogens is 3. The minimum absolute atomic E-state index is 0.0948. The fraction of sp³-hybridized carbons (Fsp3) is 0.118. The van der Waals surface area contributed by atoms with Crippen LogP contribution in [0.25, 0.3) is 17.0 Å². The fourth-order valence-electron chi connectivity index (χ4n) is 2.47. The van der Waals surface area contributed by atoms with E-state index in [4.69, 9.17) is 0 Å². The van der Waals surface area contributed by atoms with Crippen molar-refractivity contribution in [3.63, 3.8) is 0 Å². The molecular weight excluding hydrogens is 276 g/mol. The molecular formula is C17H14N4O. The lowest BCUT2D eigenvalue weighted by Crippen LogP contribution is -2.01. The van der Waals surface area contributed by atoms with Crippen molar-refractivity contribution in [3.8, 4) is 6.07 Å². The molecule has 0 spiro atoms. The maximum atomic E-state index is 12.7. The molecule has 5 heteroatoms. The Morgan fingerprint density at radius 1 is 1.32 bits per heavy atom. The van der Waals surface area contributed by atoms with Crippen LogP contribution in [-0.4, -0.2) is 21.0 Å². The van der Waals surface area contributed by atoms with Crippen LogP contribution >= 0.6 is 0 Å². The number of rotatable bonds is 3. The van der Waals surface area contributed by atoms with Crippen LogP contribution in [0.5, 0.6) is 0 Å². The summed E-state index contributed by atoms with van der Waals surface area (Å²) in [5.41, 5.74) is 3.84. The van der Waals surface area contributed by atoms with Gasteiger partial charge in [-0.1, -0.05) is 18.2 Å². The van der Waals surface area contributed by atoms with E-state index in [0.29, 0.717) is 5.56 Å². The molecule has 0 aliphatic carbocycles. The maximum absolute atomic E-state index is 12.7. The molecule has 0 bridgehead atoms. The van der Waals surface area contributed by atoms with Crippen LogP contribution in [0, 0.1) is 25.2 Å². The van der Waals surface area contributed by atoms with Gasteiger partial charge in [-0.05, 0) is 26.0 Å². The Morgan fingerprint density at radius 2 is 2.09 bits per heavy atom. The van der Waals surface area contributed by atoms with Gasteiger partial charge in [-0.25, -0.2) is 0 Å². The van der Waals surface area contributed by atoms with Crippen molar-refractivity contribution in [3.05, 3.63) is 58.6 Å². The van der Waals surface area contributed by atoms with Gasteiger partial charge in [0.1, 0.15) is 11.6 Å². The van der Waals surface area contributed by atoms with E-state index in [2.05, 4.69) is 15.2 Å². The Bertz CT molecular complexity index is 918. The summed E-state index contributed by atoms with van der Waals surface area (Å²) in [4.78, 5) is 15.7. The van der Waals surface area contributed by atoms with E-state index < -0.39 is 0 Å². The van der Waals surface area contributed by atoms with Gasteiger partial charge in [-0.2, -0.15) is 10.4 Å². The number of para-hydroxylation sites is 1. The summed E-state index contributed by atoms with van der Waals surface area (Å²) in [6.07, 6.45) is 3.24. The van der Waals surface area contributed by atoms with Crippen LogP contribution in [0.1, 0.15) is 27.3 Å². The van der Waals surface area contributed by atoms with Crippen molar-refractivity contribution >= 4 is 22.8 Å². The number of benzene rings is 1. The zero-order valence-electron chi connectivity index (χ0n) is 12.3. The minimum atomic E-state index is -0.292. The first-order valence-electron chi connectivity index (χ1n) is 6.86. The number of allylic oxidation sites excluding steroid dienone is 1. The van der Waals surface area contributed by atoms with Gasteiger partial charge in [0.2, 0.25) is 5.78 Å². The predicted octanol–water partition coefficient (Wildman–Crippen LogP) is 3.30. The molecule has 0 saturated carbocycles. The number of carbonyl (C=O) groups excluding carboxylic acids is 1. The van der Waals surface area contributed by atoms with Gasteiger partial charge in [0.25, 0.3) is 0 Å². The lowest BCUT2D eigenvalue weighted by molar-refractivity contribution is 0.104. The number of Topliss-reactive ketones (excluding diaryl/α,β-unsaturated/α-hetero) is 1. The number of hydrogen-bond donors (Lipinski definition) is 2. The Kier molecular flexibility index (Phi) is 3.36. The summed E-state index contributed by atoms with van der Waals surface area (Å²) in [7, 11) is 0. The predicted molar refractivity (Wildman–Crippen MR) is 84.3 cm³/mol. The Morgan fingerprint density at radius 3 is 2.77 bits per heavy atom. The zero-order valence-corrected chi connectivity index (χ0v) is 12.3. The zero-order chi connectivity index (χ0) is 15.7. The van der Waals surface area contributed by atoms with E-state index in [9.17, 15) is 10.1 Å². The van der Waals surface area contributed by atoms with E-state index in [1.165, 1.54) is 0 Å². The smallest absolute Gasteiger partial charge is 0.205 e. The number of nitrogens with zero attached hydrogens (tertiary/aromatic N) is 2. The van der Waals surface area contributed by atoms with E-state index in [1.54, 1.807) is 12.3 Å². The molecule has 108 valence electrons. The molecule has 1 aromatic carbocycles. The Balaban J connectivity index is 2.08. The van der Waals surface area contributed by atoms with Crippen molar-refractivity contribution in [1.29, 1.82) is 5.26 Å². The second kappa shape index (κ2) is 5.34. The molecule has 0 saturated heterocycles. The lowest BCUT2D eigenvalue weighted by atomic mass is 10.0. The third-order valence-corrected chi connectivity index (χ3v) is 3.67. The monoisotopic (exact) mass is 290 g/mol. The van der Waals surface area contributed by atoms with Crippen LogP contribution in [0.3, 0.4) is 0 Å². The van der Waals surface area contributed by atoms with Crippen LogP contribution in [0.4, 0.5) is 0 Å². The maximum Gasteiger partial charge on any atom is 0.205 e. The van der Waals surface area contributed by atoms with E-state index in [0.717, 1.165) is 27.9 Å². The van der Waals surface area contributed by atoms with Crippen LogP contribution in [0.2, 0.25) is 0 Å². The molecule has 2 aromatic heterocycles. The third kappa shape index (κ3) is 2.21. The summed E-state index contributed by atoms with van der Waals surface area (Å²) < 4.78 is 0. The Hall–Kier alpha value is -3.13. The molecule has 3 rings (SSSR count). The number of ketones is 1. The van der Waals surface area contributed by atoms with E-state index in [1.807, 2.05) is 44.2 Å². The van der Waals surface area contributed by atoms with Gasteiger partial charge >= 0.3 is 0 Å². The van der Waals surface area contributed by atoms with Crippen molar-refractivity contribution in [2.75, 3.05) is 0 Å². The second-order valence-corrected chi connectivity index (χ2v) is 5.09. The van der Waals surface area contributed by atoms with Crippen LogP contribution in [0.15, 0.2) is 36.0 Å². The molecule has 22 heavy (non-hydrogen) atoms. The number of carbonyl (C=O) groups is 1. The highest BCUT2D eigenvalue weighted by atomic mass is 16.1. The minimum Gasteiger partial charge on any atom is -0.360 e. The van der Waals surface area contributed by atoms with Gasteiger partial charge in [0.05, 0.1) is 5.69 Å². The fourth-order valence-corrected chi connectivity index (χ4v) is 2.47. The number of hydrogen-bond acceptors (Lipinski definition) is 3. The standard InChI is InChI=1S/C17H14N4O/c1-10-14(11(2)21-20-10)7-12(8-18)17(22)15-9-19-16-6-4-3-5-13(15)16/h3-7,9,19H,1-2H3,(H,20,21)/b12-7+. The molecule has 0 aliphatic heterocycles. The highest BCUT2D eigenvalue weighted by molar-refractivity contribution is 6.19. The van der Waals surface area contributed by atoms with Crippen LogP contribution < -0.4 is 0 Å². The number of aryl methyl sites for hydroxylation is 2. The van der Waals surface area contributed by atoms with Crippen molar-refractivity contribution in [2.45, 2.75) is 13.8 Å². The van der Waals surface area contributed by atoms with Gasteiger partial charge in [0, 0.05) is 33.9 Å². The van der Waals surface area contributed by atoms with Gasteiger partial charge in [-0.3, -0.25) is 9.89 Å². The SMILES string of the molecule is Cc1n[nH]c(C)c1/C=C(\C#N)C(=O)c1c[nH]c2ccccc12. The van der Waals surface area contributed by atoms with Gasteiger partial charge in [0.15, 0.2) is 0 Å². The Labute approximate surface area is 127 Å². The summed E-state index contributed by atoms with van der Waals surface area (Å²) in [5.74, 6) is -0.292. The molecule has 5 nitrogen and oxygen atoms in total. The van der Waals surface area contributed by atoms with Gasteiger partial charge in [-0.15, -0.1) is 0 Å². The first-order valence-corrected chi connectivity index (χ1v) is 6.86. The second-order valence-electron chi connectivity index (χ2n) is 5.09. The number of H-pyrrole nitrogens is 2. The van der Waals surface area contributed by atoms with Crippen molar-refractivity contribution in [2.24, 2.45) is 0 Å². The average molecular weight is 290 g/mol. The largest absolute Gasteiger partial charge is 0.360 e. The highest BCUT2D eigenvalue weighted by Crippen LogP contribution is 2.22. The molecule has 2 N–H and O–H groups in total. The molecule has 0 aliphatic rings. The number of aromatic amines is 2. The normalized spacial score (nSPS) is 11.6. The van der Waals surface area contributed by atoms with Crippen molar-refractivity contribution < 1.29 is 4.79 Å².